The van der Waals surface area contributed by atoms with Crippen LogP contribution in [0.2, 0.25) is 0 Å². The molecule has 0 unspecified atom stereocenters. The van der Waals surface area contributed by atoms with E-state index in [1.165, 1.54) is 11.8 Å². The van der Waals surface area contributed by atoms with Gasteiger partial charge in [-0.1, -0.05) is 31.7 Å². The molecule has 2 heterocycles. The van der Waals surface area contributed by atoms with E-state index in [2.05, 4.69) is 29.8 Å². The van der Waals surface area contributed by atoms with Crippen molar-refractivity contribution in [3.8, 4) is 11.5 Å². The first-order valence-electron chi connectivity index (χ1n) is 7.35. The van der Waals surface area contributed by atoms with Gasteiger partial charge in [0.2, 0.25) is 6.79 Å². The molecule has 1 aliphatic rings. The lowest BCUT2D eigenvalue weighted by Gasteiger charge is -2.09. The number of nitrogens with zero attached hydrogens (tertiary/aromatic N) is 2. The molecule has 0 saturated heterocycles. The highest BCUT2D eigenvalue weighted by atomic mass is 32.2. The molecule has 3 N–H and O–H groups in total. The van der Waals surface area contributed by atoms with Crippen LogP contribution >= 0.6 is 11.8 Å². The standard InChI is InChI=1S/C15H19N3O3S/c1-3-9(2)13(16)14-17-18-15(21-14)22-7-10-4-5-11-12(6-10)20-8-19-11/h4-6,9,13H,3,7-8,16H2,1-2H3/p+1/t9-,13+/m1/s1. The molecule has 0 spiro atoms. The summed E-state index contributed by atoms with van der Waals surface area (Å²) < 4.78 is 16.4. The minimum Gasteiger partial charge on any atom is -0.454 e. The van der Waals surface area contributed by atoms with E-state index in [1.54, 1.807) is 0 Å². The van der Waals surface area contributed by atoms with Crippen LogP contribution in [0.15, 0.2) is 27.8 Å². The maximum Gasteiger partial charge on any atom is 0.277 e. The Balaban J connectivity index is 1.61. The van der Waals surface area contributed by atoms with Crippen LogP contribution in [0, 0.1) is 5.92 Å². The Bertz CT molecular complexity index is 647. The third-order valence-corrected chi connectivity index (χ3v) is 4.76. The number of rotatable bonds is 6. The molecule has 22 heavy (non-hydrogen) atoms. The Labute approximate surface area is 133 Å². The van der Waals surface area contributed by atoms with Gasteiger partial charge in [0, 0.05) is 11.7 Å². The lowest BCUT2D eigenvalue weighted by Crippen LogP contribution is -2.56. The average Bonchev–Trinajstić information content (AvgIpc) is 3.19. The second kappa shape index (κ2) is 6.58. The summed E-state index contributed by atoms with van der Waals surface area (Å²) in [6.07, 6.45) is 1.04. The highest BCUT2D eigenvalue weighted by molar-refractivity contribution is 7.98. The Hall–Kier alpha value is -1.73. The number of fused-ring (bicyclic) bond motifs is 1. The van der Waals surface area contributed by atoms with Crippen LogP contribution < -0.4 is 15.2 Å². The van der Waals surface area contributed by atoms with E-state index in [1.807, 2.05) is 18.2 Å². The molecule has 118 valence electrons. The predicted molar refractivity (Wildman–Crippen MR) is 81.5 cm³/mol. The van der Waals surface area contributed by atoms with Crippen LogP contribution in [0.3, 0.4) is 0 Å². The van der Waals surface area contributed by atoms with Crippen molar-refractivity contribution in [1.29, 1.82) is 0 Å². The zero-order chi connectivity index (χ0) is 15.5. The van der Waals surface area contributed by atoms with Crippen molar-refractivity contribution in [2.75, 3.05) is 6.79 Å². The van der Waals surface area contributed by atoms with Gasteiger partial charge in [0.15, 0.2) is 17.5 Å². The number of thioether (sulfide) groups is 1. The van der Waals surface area contributed by atoms with Crippen molar-refractivity contribution in [3.05, 3.63) is 29.7 Å². The number of hydrogen-bond acceptors (Lipinski definition) is 6. The number of quaternary nitrogens is 1. The Morgan fingerprint density at radius 3 is 2.91 bits per heavy atom. The van der Waals surface area contributed by atoms with Crippen LogP contribution in [0.4, 0.5) is 0 Å². The summed E-state index contributed by atoms with van der Waals surface area (Å²) in [5, 5.41) is 8.78. The summed E-state index contributed by atoms with van der Waals surface area (Å²) in [6, 6.07) is 5.96. The fourth-order valence-corrected chi connectivity index (χ4v) is 2.84. The second-order valence-electron chi connectivity index (χ2n) is 5.37. The summed E-state index contributed by atoms with van der Waals surface area (Å²) in [6.45, 7) is 4.56. The van der Waals surface area contributed by atoms with E-state index in [-0.39, 0.29) is 6.04 Å². The van der Waals surface area contributed by atoms with Gasteiger partial charge in [-0.05, 0) is 24.1 Å². The van der Waals surface area contributed by atoms with E-state index in [9.17, 15) is 0 Å². The largest absolute Gasteiger partial charge is 0.454 e. The quantitative estimate of drug-likeness (QED) is 0.822. The monoisotopic (exact) mass is 322 g/mol. The van der Waals surface area contributed by atoms with Crippen molar-refractivity contribution < 1.29 is 19.6 Å². The Kier molecular flexibility index (Phi) is 4.54. The maximum atomic E-state index is 5.71. The van der Waals surface area contributed by atoms with Gasteiger partial charge >= 0.3 is 0 Å². The molecular weight excluding hydrogens is 302 g/mol. The van der Waals surface area contributed by atoms with Crippen LogP contribution in [0.25, 0.3) is 0 Å². The van der Waals surface area contributed by atoms with E-state index >= 15 is 0 Å². The van der Waals surface area contributed by atoms with E-state index in [0.717, 1.165) is 29.2 Å². The Morgan fingerprint density at radius 1 is 1.27 bits per heavy atom. The molecule has 7 heteroatoms. The zero-order valence-corrected chi connectivity index (χ0v) is 13.6. The SMILES string of the molecule is CC[C@@H](C)[C@H]([NH3+])c1nnc(SCc2ccc3c(c2)OCO3)o1. The first-order valence-corrected chi connectivity index (χ1v) is 8.33. The fraction of sp³-hybridized carbons (Fsp3) is 0.467. The molecule has 0 aliphatic carbocycles. The summed E-state index contributed by atoms with van der Waals surface area (Å²) >= 11 is 1.51. The van der Waals surface area contributed by atoms with E-state index in [4.69, 9.17) is 13.9 Å². The highest BCUT2D eigenvalue weighted by Gasteiger charge is 2.23. The van der Waals surface area contributed by atoms with Crippen molar-refractivity contribution in [2.45, 2.75) is 37.3 Å². The molecule has 0 radical (unpaired) electrons. The lowest BCUT2D eigenvalue weighted by atomic mass is 10.0. The van der Waals surface area contributed by atoms with Gasteiger partial charge in [0.1, 0.15) is 0 Å². The van der Waals surface area contributed by atoms with Crippen LogP contribution in [-0.4, -0.2) is 17.0 Å². The first kappa shape index (κ1) is 15.2. The zero-order valence-electron chi connectivity index (χ0n) is 12.7. The molecule has 0 saturated carbocycles. The van der Waals surface area contributed by atoms with Gasteiger partial charge in [-0.2, -0.15) is 0 Å². The number of aromatic nitrogens is 2. The second-order valence-corrected chi connectivity index (χ2v) is 6.30. The number of benzene rings is 1. The van der Waals surface area contributed by atoms with Gasteiger partial charge < -0.3 is 19.6 Å². The number of ether oxygens (including phenoxy) is 2. The summed E-state index contributed by atoms with van der Waals surface area (Å²) in [5.41, 5.74) is 5.24. The van der Waals surface area contributed by atoms with Crippen molar-refractivity contribution in [3.63, 3.8) is 0 Å². The first-order chi connectivity index (χ1) is 10.7. The van der Waals surface area contributed by atoms with Crippen LogP contribution in [0.1, 0.15) is 37.8 Å². The summed E-state index contributed by atoms with van der Waals surface area (Å²) in [4.78, 5) is 0. The lowest BCUT2D eigenvalue weighted by molar-refractivity contribution is -0.444. The van der Waals surface area contributed by atoms with Crippen LogP contribution in [0.5, 0.6) is 11.5 Å². The summed E-state index contributed by atoms with van der Waals surface area (Å²) in [5.74, 6) is 3.36. The predicted octanol–water partition coefficient (Wildman–Crippen LogP) is 2.42. The third kappa shape index (κ3) is 3.20. The molecule has 0 fully saturated rings. The molecule has 1 aliphatic heterocycles. The Morgan fingerprint density at radius 2 is 2.09 bits per heavy atom. The van der Waals surface area contributed by atoms with Crippen molar-refractivity contribution >= 4 is 11.8 Å². The smallest absolute Gasteiger partial charge is 0.277 e. The molecule has 2 aromatic rings. The number of hydrogen-bond donors (Lipinski definition) is 1. The van der Waals surface area contributed by atoms with Crippen molar-refractivity contribution in [1.82, 2.24) is 10.2 Å². The third-order valence-electron chi connectivity index (χ3n) is 3.87. The molecule has 1 aromatic heterocycles. The molecule has 3 rings (SSSR count). The van der Waals surface area contributed by atoms with Gasteiger partial charge in [-0.15, -0.1) is 10.2 Å². The van der Waals surface area contributed by atoms with E-state index < -0.39 is 0 Å². The molecule has 0 bridgehead atoms. The topological polar surface area (TPSA) is 85.0 Å². The van der Waals surface area contributed by atoms with Gasteiger partial charge in [0.25, 0.3) is 11.1 Å². The van der Waals surface area contributed by atoms with Gasteiger partial charge in [-0.25, -0.2) is 0 Å². The van der Waals surface area contributed by atoms with Gasteiger partial charge in [0.05, 0.1) is 0 Å². The molecular formula is C15H20N3O3S+. The molecule has 6 nitrogen and oxygen atoms in total. The van der Waals surface area contributed by atoms with E-state index in [0.29, 0.717) is 23.8 Å². The van der Waals surface area contributed by atoms with Gasteiger partial charge in [-0.3, -0.25) is 0 Å². The minimum atomic E-state index is 0.0393. The van der Waals surface area contributed by atoms with Crippen LogP contribution in [-0.2, 0) is 5.75 Å². The fourth-order valence-electron chi connectivity index (χ4n) is 2.13. The average molecular weight is 322 g/mol. The highest BCUT2D eigenvalue weighted by Crippen LogP contribution is 2.34. The van der Waals surface area contributed by atoms with Crippen molar-refractivity contribution in [2.24, 2.45) is 5.92 Å². The summed E-state index contributed by atoms with van der Waals surface area (Å²) in [7, 11) is 0. The molecule has 0 amide bonds. The normalized spacial score (nSPS) is 15.8. The maximum absolute atomic E-state index is 5.71. The molecule has 2 atom stereocenters. The molecule has 1 aromatic carbocycles. The minimum absolute atomic E-state index is 0.0393.